The van der Waals surface area contributed by atoms with Crippen LogP contribution in [0.2, 0.25) is 0 Å². The molecule has 3 aliphatic heterocycles. The van der Waals surface area contributed by atoms with Crippen LogP contribution in [0.25, 0.3) is 0 Å². The molecule has 0 saturated carbocycles. The Bertz CT molecular complexity index is 782. The summed E-state index contributed by atoms with van der Waals surface area (Å²) in [5.74, 6) is -0.823. The summed E-state index contributed by atoms with van der Waals surface area (Å²) in [4.78, 5) is 43.4. The number of aliphatic carboxylic acids is 1. The zero-order valence-corrected chi connectivity index (χ0v) is 18.2. The molecule has 11 heteroatoms. The van der Waals surface area contributed by atoms with Crippen LogP contribution < -0.4 is 10.8 Å². The summed E-state index contributed by atoms with van der Waals surface area (Å²) in [6.07, 6.45) is 7.12. The van der Waals surface area contributed by atoms with E-state index in [0.717, 1.165) is 25.7 Å². The van der Waals surface area contributed by atoms with Crippen molar-refractivity contribution in [1.29, 1.82) is 0 Å². The van der Waals surface area contributed by atoms with Crippen LogP contribution in [0.4, 0.5) is 0 Å². The number of nitrogens with one attached hydrogen (secondary N) is 2. The van der Waals surface area contributed by atoms with Gasteiger partial charge in [-0.3, -0.25) is 24.8 Å². The Hall–Kier alpha value is -2.11. The van der Waals surface area contributed by atoms with E-state index >= 15 is 0 Å². The molecule has 1 saturated heterocycles. The van der Waals surface area contributed by atoms with Crippen LogP contribution in [0.15, 0.2) is 34.9 Å². The maximum atomic E-state index is 12.9. The Balaban J connectivity index is 1.63. The topological polar surface area (TPSA) is 117 Å². The van der Waals surface area contributed by atoms with Gasteiger partial charge in [0.25, 0.3) is 11.8 Å². The Kier molecular flexibility index (Phi) is 8.11. The predicted molar refractivity (Wildman–Crippen MR) is 114 cm³/mol. The molecule has 0 aromatic heterocycles. The highest BCUT2D eigenvalue weighted by Crippen LogP contribution is 2.37. The van der Waals surface area contributed by atoms with Crippen LogP contribution in [-0.4, -0.2) is 57.3 Å². The van der Waals surface area contributed by atoms with Gasteiger partial charge >= 0.3 is 5.97 Å². The number of amides is 2. The third kappa shape index (κ3) is 5.13. The summed E-state index contributed by atoms with van der Waals surface area (Å²) >= 11 is 2.87. The highest BCUT2D eigenvalue weighted by molar-refractivity contribution is 8.02. The molecule has 1 fully saturated rings. The van der Waals surface area contributed by atoms with Crippen molar-refractivity contribution in [2.75, 3.05) is 18.1 Å². The van der Waals surface area contributed by atoms with Crippen molar-refractivity contribution in [3.05, 3.63) is 34.9 Å². The highest BCUT2D eigenvalue weighted by atomic mass is 32.2. The van der Waals surface area contributed by atoms with Gasteiger partial charge in [-0.15, -0.1) is 23.5 Å². The van der Waals surface area contributed by atoms with Crippen LogP contribution >= 0.6 is 23.5 Å². The molecule has 3 rings (SSSR count). The molecule has 2 amide bonds. The molecular formula is C19H25N3O6S2. The van der Waals surface area contributed by atoms with Crippen LogP contribution in [0.5, 0.6) is 0 Å². The second-order valence-electron chi connectivity index (χ2n) is 6.79. The van der Waals surface area contributed by atoms with Crippen LogP contribution in [0.3, 0.4) is 0 Å². The SMILES string of the molecule is CCCCCCONC(C(=O)NC1C(=O)N2C(C(=O)O)=CCS[C@@H]12)=C1CSC=CO1. The fraction of sp³-hybridized carbons (Fsp3) is 0.526. The Labute approximate surface area is 183 Å². The summed E-state index contributed by atoms with van der Waals surface area (Å²) in [7, 11) is 0. The van der Waals surface area contributed by atoms with E-state index < -0.39 is 29.2 Å². The lowest BCUT2D eigenvalue weighted by atomic mass is 10.0. The first-order chi connectivity index (χ1) is 14.5. The maximum absolute atomic E-state index is 12.9. The van der Waals surface area contributed by atoms with Crippen LogP contribution in [0.1, 0.15) is 32.6 Å². The largest absolute Gasteiger partial charge is 0.477 e. The first kappa shape index (κ1) is 22.6. The molecule has 3 heterocycles. The summed E-state index contributed by atoms with van der Waals surface area (Å²) < 4.78 is 5.46. The van der Waals surface area contributed by atoms with E-state index in [1.165, 1.54) is 40.8 Å². The third-order valence-electron chi connectivity index (χ3n) is 4.71. The number of carbonyl (C=O) groups excluding carboxylic acids is 2. The van der Waals surface area contributed by atoms with Crippen molar-refractivity contribution in [3.63, 3.8) is 0 Å². The first-order valence-corrected chi connectivity index (χ1v) is 11.9. The average molecular weight is 456 g/mol. The van der Waals surface area contributed by atoms with Gasteiger partial charge in [-0.25, -0.2) is 4.79 Å². The average Bonchev–Trinajstić information content (AvgIpc) is 2.76. The fourth-order valence-electron chi connectivity index (χ4n) is 3.14. The number of nitrogens with zero attached hydrogens (tertiary/aromatic N) is 1. The van der Waals surface area contributed by atoms with Crippen molar-refractivity contribution in [2.45, 2.75) is 44.0 Å². The quantitative estimate of drug-likeness (QED) is 0.196. The van der Waals surface area contributed by atoms with Gasteiger partial charge < -0.3 is 15.2 Å². The number of carboxylic acids is 1. The molecule has 0 aromatic rings. The second-order valence-corrected chi connectivity index (χ2v) is 8.83. The normalized spacial score (nSPS) is 24.2. The van der Waals surface area contributed by atoms with Crippen molar-refractivity contribution in [1.82, 2.24) is 15.7 Å². The van der Waals surface area contributed by atoms with Gasteiger partial charge in [-0.05, 0) is 12.5 Å². The van der Waals surface area contributed by atoms with E-state index in [1.807, 2.05) is 0 Å². The van der Waals surface area contributed by atoms with Crippen molar-refractivity contribution >= 4 is 41.3 Å². The molecule has 30 heavy (non-hydrogen) atoms. The number of thioether (sulfide) groups is 2. The number of carbonyl (C=O) groups is 3. The lowest BCUT2D eigenvalue weighted by Gasteiger charge is -2.48. The lowest BCUT2D eigenvalue weighted by Crippen LogP contribution is -2.70. The Morgan fingerprint density at radius 3 is 2.90 bits per heavy atom. The van der Waals surface area contributed by atoms with E-state index in [-0.39, 0.29) is 11.4 Å². The second kappa shape index (κ2) is 10.8. The van der Waals surface area contributed by atoms with Gasteiger partial charge in [0.2, 0.25) is 0 Å². The van der Waals surface area contributed by atoms with Gasteiger partial charge in [-0.1, -0.05) is 26.2 Å². The number of unbranched alkanes of at least 4 members (excludes halogenated alkanes) is 3. The smallest absolute Gasteiger partial charge is 0.352 e. The van der Waals surface area contributed by atoms with Crippen molar-refractivity contribution in [3.8, 4) is 0 Å². The minimum absolute atomic E-state index is 0.0430. The van der Waals surface area contributed by atoms with E-state index in [2.05, 4.69) is 17.7 Å². The monoisotopic (exact) mass is 455 g/mol. The molecule has 3 aliphatic rings. The standard InChI is InChI=1S/C19H25N3O6S2/c1-2-3-4-5-7-28-21-14(13-11-29-10-8-27-13)16(23)20-15-17(24)22-12(19(25)26)6-9-30-18(15)22/h6,8,10,15,18,21H,2-5,7,9,11H2,1H3,(H,20,23)(H,25,26)/t15?,18-/m0/s1. The maximum Gasteiger partial charge on any atom is 0.352 e. The van der Waals surface area contributed by atoms with E-state index in [1.54, 1.807) is 5.41 Å². The number of ether oxygens (including phenoxy) is 1. The summed E-state index contributed by atoms with van der Waals surface area (Å²) in [5, 5.41) is 13.3. The Morgan fingerprint density at radius 1 is 1.37 bits per heavy atom. The first-order valence-electron chi connectivity index (χ1n) is 9.77. The van der Waals surface area contributed by atoms with Gasteiger partial charge in [0.15, 0.2) is 5.70 Å². The number of carboxylic acid groups (broad SMARTS) is 1. The Morgan fingerprint density at radius 2 is 2.20 bits per heavy atom. The number of β-lactam (4-membered cyclic amide) rings is 1. The summed E-state index contributed by atoms with van der Waals surface area (Å²) in [5.41, 5.74) is 2.76. The highest BCUT2D eigenvalue weighted by Gasteiger charge is 2.53. The van der Waals surface area contributed by atoms with E-state index in [4.69, 9.17) is 9.57 Å². The summed E-state index contributed by atoms with van der Waals surface area (Å²) in [6.45, 7) is 2.56. The van der Waals surface area contributed by atoms with Crippen molar-refractivity contribution < 1.29 is 29.1 Å². The predicted octanol–water partition coefficient (Wildman–Crippen LogP) is 1.90. The third-order valence-corrected chi connectivity index (χ3v) is 6.62. The van der Waals surface area contributed by atoms with Gasteiger partial charge in [0, 0.05) is 11.2 Å². The molecular weight excluding hydrogens is 430 g/mol. The molecule has 3 N–H and O–H groups in total. The summed E-state index contributed by atoms with van der Waals surface area (Å²) in [6, 6.07) is -0.806. The number of fused-ring (bicyclic) bond motifs is 1. The van der Waals surface area contributed by atoms with Gasteiger partial charge in [0.1, 0.15) is 22.9 Å². The molecule has 0 spiro atoms. The number of hydrogen-bond acceptors (Lipinski definition) is 8. The van der Waals surface area contributed by atoms with E-state index in [0.29, 0.717) is 23.9 Å². The number of hydroxylamine groups is 1. The van der Waals surface area contributed by atoms with Crippen LogP contribution in [0, 0.1) is 0 Å². The molecule has 9 nitrogen and oxygen atoms in total. The minimum Gasteiger partial charge on any atom is -0.477 e. The molecule has 0 radical (unpaired) electrons. The van der Waals surface area contributed by atoms with E-state index in [9.17, 15) is 19.5 Å². The zero-order chi connectivity index (χ0) is 21.5. The minimum atomic E-state index is -1.15. The molecule has 0 aromatic carbocycles. The number of hydrogen-bond donors (Lipinski definition) is 3. The number of rotatable bonds is 10. The molecule has 0 bridgehead atoms. The fourth-order valence-corrected chi connectivity index (χ4v) is 4.93. The molecule has 0 aliphatic carbocycles. The zero-order valence-electron chi connectivity index (χ0n) is 16.6. The van der Waals surface area contributed by atoms with Gasteiger partial charge in [0.05, 0.1) is 18.6 Å². The molecule has 164 valence electrons. The lowest BCUT2D eigenvalue weighted by molar-refractivity contribution is -0.150. The van der Waals surface area contributed by atoms with Crippen molar-refractivity contribution in [2.24, 2.45) is 0 Å². The van der Waals surface area contributed by atoms with Crippen LogP contribution in [-0.2, 0) is 24.0 Å². The van der Waals surface area contributed by atoms with Gasteiger partial charge in [-0.2, -0.15) is 0 Å². The molecule has 1 unspecified atom stereocenters. The molecule has 2 atom stereocenters.